The van der Waals surface area contributed by atoms with Gasteiger partial charge < -0.3 is 4.74 Å². The monoisotopic (exact) mass is 406 g/mol. The lowest BCUT2D eigenvalue weighted by molar-refractivity contribution is -0.142. The average molecular weight is 406 g/mol. The standard InChI is InChI=1S/C17H18N4O4S2/c1-3-25-15(22)9-13-11-26-17(18-13)20-27(23,24)14-10-21(2)19-16(14)12-7-5-4-6-8-12/h4-8,10-11H,3,9H2,1-2H3,(H,18,20). The molecule has 0 aliphatic carbocycles. The van der Waals surface area contributed by atoms with Crippen molar-refractivity contribution in [2.24, 2.45) is 7.05 Å². The van der Waals surface area contributed by atoms with Gasteiger partial charge in [0.05, 0.1) is 18.7 Å². The van der Waals surface area contributed by atoms with E-state index in [1.165, 1.54) is 10.9 Å². The number of aryl methyl sites for hydroxylation is 1. The van der Waals surface area contributed by atoms with Crippen LogP contribution in [0, 0.1) is 0 Å². The minimum atomic E-state index is -3.90. The van der Waals surface area contributed by atoms with Crippen LogP contribution in [0.1, 0.15) is 12.6 Å². The second kappa shape index (κ2) is 7.89. The average Bonchev–Trinajstić information content (AvgIpc) is 3.22. The van der Waals surface area contributed by atoms with Gasteiger partial charge in [-0.1, -0.05) is 30.3 Å². The zero-order chi connectivity index (χ0) is 19.4. The van der Waals surface area contributed by atoms with E-state index in [-0.39, 0.29) is 23.1 Å². The van der Waals surface area contributed by atoms with Gasteiger partial charge in [0.1, 0.15) is 10.6 Å². The van der Waals surface area contributed by atoms with Crippen molar-refractivity contribution in [1.29, 1.82) is 0 Å². The molecule has 8 nitrogen and oxygen atoms in total. The maximum Gasteiger partial charge on any atom is 0.311 e. The molecule has 0 spiro atoms. The molecule has 3 rings (SSSR count). The third kappa shape index (κ3) is 4.52. The molecule has 10 heteroatoms. The number of esters is 1. The zero-order valence-electron chi connectivity index (χ0n) is 14.7. The number of sulfonamides is 1. The predicted molar refractivity (Wildman–Crippen MR) is 102 cm³/mol. The number of carbonyl (C=O) groups excluding carboxylic acids is 1. The highest BCUT2D eigenvalue weighted by Crippen LogP contribution is 2.28. The maximum atomic E-state index is 12.9. The Balaban J connectivity index is 1.84. The predicted octanol–water partition coefficient (Wildman–Crippen LogP) is 2.45. The summed E-state index contributed by atoms with van der Waals surface area (Å²) in [6, 6.07) is 9.07. The molecule has 1 aromatic carbocycles. The van der Waals surface area contributed by atoms with E-state index in [4.69, 9.17) is 4.74 Å². The quantitative estimate of drug-likeness (QED) is 0.605. The van der Waals surface area contributed by atoms with Crippen molar-refractivity contribution in [3.63, 3.8) is 0 Å². The molecule has 0 bridgehead atoms. The van der Waals surface area contributed by atoms with Crippen molar-refractivity contribution in [3.05, 3.63) is 47.6 Å². The number of anilines is 1. The van der Waals surface area contributed by atoms with Crippen LogP contribution in [0.25, 0.3) is 11.3 Å². The zero-order valence-corrected chi connectivity index (χ0v) is 16.4. The molecule has 27 heavy (non-hydrogen) atoms. The summed E-state index contributed by atoms with van der Waals surface area (Å²) in [5.74, 6) is -0.407. The van der Waals surface area contributed by atoms with E-state index < -0.39 is 16.0 Å². The SMILES string of the molecule is CCOC(=O)Cc1csc(NS(=O)(=O)c2cn(C)nc2-c2ccccc2)n1. The number of ether oxygens (including phenoxy) is 1. The summed E-state index contributed by atoms with van der Waals surface area (Å²) in [5.41, 5.74) is 1.50. The number of carbonyl (C=O) groups is 1. The fourth-order valence-electron chi connectivity index (χ4n) is 2.42. The highest BCUT2D eigenvalue weighted by Gasteiger charge is 2.24. The van der Waals surface area contributed by atoms with Crippen LogP contribution >= 0.6 is 11.3 Å². The summed E-state index contributed by atoms with van der Waals surface area (Å²) < 4.78 is 34.5. The number of hydrogen-bond donors (Lipinski definition) is 1. The number of nitrogens with one attached hydrogen (secondary N) is 1. The minimum absolute atomic E-state index is 0.00573. The second-order valence-electron chi connectivity index (χ2n) is 5.61. The maximum absolute atomic E-state index is 12.9. The second-order valence-corrected chi connectivity index (χ2v) is 8.12. The molecule has 2 heterocycles. The summed E-state index contributed by atoms with van der Waals surface area (Å²) in [6.45, 7) is 2.00. The van der Waals surface area contributed by atoms with E-state index in [9.17, 15) is 13.2 Å². The van der Waals surface area contributed by atoms with E-state index in [1.54, 1.807) is 31.5 Å². The third-order valence-electron chi connectivity index (χ3n) is 3.54. The lowest BCUT2D eigenvalue weighted by atomic mass is 10.2. The van der Waals surface area contributed by atoms with Crippen molar-refractivity contribution >= 4 is 32.5 Å². The molecular weight excluding hydrogens is 388 g/mol. The molecule has 0 fully saturated rings. The Morgan fingerprint density at radius 3 is 2.74 bits per heavy atom. The van der Waals surface area contributed by atoms with Crippen molar-refractivity contribution in [2.75, 3.05) is 11.3 Å². The number of benzene rings is 1. The van der Waals surface area contributed by atoms with Crippen LogP contribution in [0.3, 0.4) is 0 Å². The third-order valence-corrected chi connectivity index (χ3v) is 5.81. The lowest BCUT2D eigenvalue weighted by Crippen LogP contribution is -2.13. The highest BCUT2D eigenvalue weighted by molar-refractivity contribution is 7.93. The van der Waals surface area contributed by atoms with E-state index in [0.29, 0.717) is 17.0 Å². The Kier molecular flexibility index (Phi) is 5.57. The molecule has 0 aliphatic heterocycles. The normalized spacial score (nSPS) is 11.3. The summed E-state index contributed by atoms with van der Waals surface area (Å²) in [6.07, 6.45) is 1.44. The fourth-order valence-corrected chi connectivity index (χ4v) is 4.59. The van der Waals surface area contributed by atoms with Crippen molar-refractivity contribution < 1.29 is 17.9 Å². The molecule has 2 aromatic heterocycles. The van der Waals surface area contributed by atoms with Gasteiger partial charge in [0.2, 0.25) is 0 Å². The van der Waals surface area contributed by atoms with E-state index in [0.717, 1.165) is 11.3 Å². The van der Waals surface area contributed by atoms with Gasteiger partial charge in [0.15, 0.2) is 5.13 Å². The van der Waals surface area contributed by atoms with Gasteiger partial charge in [-0.15, -0.1) is 11.3 Å². The largest absolute Gasteiger partial charge is 0.466 e. The molecule has 142 valence electrons. The molecule has 1 N–H and O–H groups in total. The summed E-state index contributed by atoms with van der Waals surface area (Å²) in [5, 5.41) is 6.07. The van der Waals surface area contributed by atoms with Crippen molar-refractivity contribution in [3.8, 4) is 11.3 Å². The van der Waals surface area contributed by atoms with Gasteiger partial charge in [0, 0.05) is 24.2 Å². The molecule has 0 radical (unpaired) electrons. The van der Waals surface area contributed by atoms with Crippen LogP contribution in [0.2, 0.25) is 0 Å². The number of aromatic nitrogens is 3. The smallest absolute Gasteiger partial charge is 0.311 e. The first-order valence-electron chi connectivity index (χ1n) is 8.11. The Labute approximate surface area is 160 Å². The Morgan fingerprint density at radius 2 is 2.04 bits per heavy atom. The van der Waals surface area contributed by atoms with Crippen LogP contribution in [-0.4, -0.2) is 35.8 Å². The summed E-state index contributed by atoms with van der Waals surface area (Å²) in [4.78, 5) is 15.7. The summed E-state index contributed by atoms with van der Waals surface area (Å²) >= 11 is 1.10. The van der Waals surface area contributed by atoms with Crippen LogP contribution < -0.4 is 4.72 Å². The van der Waals surface area contributed by atoms with Gasteiger partial charge >= 0.3 is 5.97 Å². The van der Waals surface area contributed by atoms with E-state index >= 15 is 0 Å². The summed E-state index contributed by atoms with van der Waals surface area (Å²) in [7, 11) is -2.24. The Morgan fingerprint density at radius 1 is 1.30 bits per heavy atom. The molecule has 0 amide bonds. The molecule has 0 saturated carbocycles. The number of rotatable bonds is 7. The number of hydrogen-bond acceptors (Lipinski definition) is 7. The van der Waals surface area contributed by atoms with Crippen molar-refractivity contribution in [2.45, 2.75) is 18.2 Å². The van der Waals surface area contributed by atoms with E-state index in [1.807, 2.05) is 18.2 Å². The van der Waals surface area contributed by atoms with Gasteiger partial charge in [-0.05, 0) is 6.92 Å². The Bertz CT molecular complexity index is 1040. The molecule has 0 saturated heterocycles. The molecule has 0 atom stereocenters. The minimum Gasteiger partial charge on any atom is -0.466 e. The van der Waals surface area contributed by atoms with Crippen LogP contribution in [0.5, 0.6) is 0 Å². The first-order valence-corrected chi connectivity index (χ1v) is 10.5. The van der Waals surface area contributed by atoms with Crippen molar-refractivity contribution in [1.82, 2.24) is 14.8 Å². The first-order chi connectivity index (χ1) is 12.9. The van der Waals surface area contributed by atoms with Crippen LogP contribution in [0.15, 0.2) is 46.8 Å². The molecule has 0 unspecified atom stereocenters. The van der Waals surface area contributed by atoms with Gasteiger partial charge in [-0.25, -0.2) is 13.4 Å². The van der Waals surface area contributed by atoms with Crippen LogP contribution in [-0.2, 0) is 33.0 Å². The fraction of sp³-hybridized carbons (Fsp3) is 0.235. The molecule has 0 aliphatic rings. The molecular formula is C17H18N4O4S2. The van der Waals surface area contributed by atoms with Gasteiger partial charge in [-0.2, -0.15) is 5.10 Å². The van der Waals surface area contributed by atoms with E-state index in [2.05, 4.69) is 14.8 Å². The topological polar surface area (TPSA) is 103 Å². The first kappa shape index (κ1) is 19.1. The molecule has 3 aromatic rings. The van der Waals surface area contributed by atoms with Gasteiger partial charge in [-0.3, -0.25) is 14.2 Å². The number of nitrogens with zero attached hydrogens (tertiary/aromatic N) is 3. The highest BCUT2D eigenvalue weighted by atomic mass is 32.2. The lowest BCUT2D eigenvalue weighted by Gasteiger charge is -2.05. The number of thiazole rings is 1. The van der Waals surface area contributed by atoms with Gasteiger partial charge in [0.25, 0.3) is 10.0 Å². The van der Waals surface area contributed by atoms with Crippen LogP contribution in [0.4, 0.5) is 5.13 Å². The Hall–Kier alpha value is -2.72.